The first-order valence-electron chi connectivity index (χ1n) is 21.6. The molecule has 0 amide bonds. The quantitative estimate of drug-likeness (QED) is 0.0362. The van der Waals surface area contributed by atoms with Crippen LogP contribution in [0.25, 0.3) is 22.3 Å². The molecule has 0 aromatic heterocycles. The summed E-state index contributed by atoms with van der Waals surface area (Å²) in [7, 11) is 0. The number of rotatable bonds is 24. The van der Waals surface area contributed by atoms with Gasteiger partial charge in [-0.1, -0.05) is 83.0 Å². The maximum absolute atomic E-state index is 16.0. The van der Waals surface area contributed by atoms with E-state index in [0.717, 1.165) is 95.6 Å². The Hall–Kier alpha value is -3.14. The Kier molecular flexibility index (Phi) is 20.0. The number of hydrogen-bond acceptors (Lipinski definition) is 8. The van der Waals surface area contributed by atoms with Crippen LogP contribution in [-0.4, -0.2) is 49.0 Å². The van der Waals surface area contributed by atoms with Gasteiger partial charge in [0.25, 0.3) is 0 Å². The molecule has 5 nitrogen and oxygen atoms in total. The molecule has 4 rings (SSSR count). The highest BCUT2D eigenvalue weighted by atomic mass is 32.1. The van der Waals surface area contributed by atoms with Crippen molar-refractivity contribution in [1.29, 1.82) is 0 Å². The second-order valence-corrected chi connectivity index (χ2v) is 17.8. The maximum atomic E-state index is 16.0. The van der Waals surface area contributed by atoms with Gasteiger partial charge in [-0.05, 0) is 152 Å². The summed E-state index contributed by atoms with van der Waals surface area (Å²) < 4.78 is 34.0. The van der Waals surface area contributed by atoms with E-state index in [1.165, 1.54) is 38.5 Å². The third-order valence-electron chi connectivity index (χ3n) is 11.7. The molecule has 0 bridgehead atoms. The summed E-state index contributed by atoms with van der Waals surface area (Å²) in [6.07, 6.45) is 13.9. The van der Waals surface area contributed by atoms with E-state index >= 15 is 4.39 Å². The van der Waals surface area contributed by atoms with Crippen LogP contribution in [0.5, 0.6) is 5.75 Å². The molecule has 0 unspecified atom stereocenters. The zero-order valence-corrected chi connectivity index (χ0v) is 38.6. The van der Waals surface area contributed by atoms with E-state index in [1.807, 2.05) is 6.07 Å². The summed E-state index contributed by atoms with van der Waals surface area (Å²) >= 11 is 13.7. The van der Waals surface area contributed by atoms with E-state index in [1.54, 1.807) is 19.9 Å². The molecule has 3 aromatic carbocycles. The Labute approximate surface area is 370 Å². The van der Waals surface area contributed by atoms with Gasteiger partial charge in [-0.15, -0.1) is 0 Å². The molecule has 1 fully saturated rings. The van der Waals surface area contributed by atoms with Crippen LogP contribution in [0.1, 0.15) is 120 Å². The normalized spacial score (nSPS) is 15.5. The number of carbonyl (C=O) groups is 2. The molecule has 1 saturated carbocycles. The fraction of sp³-hybridized carbons (Fsp3) is 0.520. The minimum atomic E-state index is -0.952. The Bertz CT molecular complexity index is 1820. The average molecular weight is 863 g/mol. The van der Waals surface area contributed by atoms with Gasteiger partial charge in [0.15, 0.2) is 0 Å². The van der Waals surface area contributed by atoms with Crippen LogP contribution in [-0.2, 0) is 38.3 Å². The molecule has 59 heavy (non-hydrogen) atoms. The van der Waals surface area contributed by atoms with Gasteiger partial charge in [0.1, 0.15) is 31.4 Å². The van der Waals surface area contributed by atoms with E-state index < -0.39 is 17.4 Å². The number of aryl methyl sites for hydroxylation is 3. The van der Waals surface area contributed by atoms with E-state index in [4.69, 9.17) is 14.2 Å². The van der Waals surface area contributed by atoms with Crippen LogP contribution in [0.2, 0.25) is 0 Å². The summed E-state index contributed by atoms with van der Waals surface area (Å²) in [6, 6.07) is 16.7. The molecule has 322 valence electrons. The van der Waals surface area contributed by atoms with Gasteiger partial charge in [-0.25, -0.2) is 14.0 Å². The minimum absolute atomic E-state index is 0.0733. The van der Waals surface area contributed by atoms with Crippen molar-refractivity contribution in [3.05, 3.63) is 101 Å². The van der Waals surface area contributed by atoms with Crippen LogP contribution in [0, 0.1) is 17.2 Å². The standard InChI is InChI=1S/C50H67FO5S3/c1-7-9-10-13-36-16-18-38(19-17-36)40-21-23-45(46(51)29-40)44-22-20-39(26-37(44)8-2)43-27-41(14-11-24-57)47(42(28-43)15-12-25-58)54-30-50(33-59,31-55-48(52)34(3)4)32-56-49(53)35(5)6/h20-23,26-29,36,38,57-59H,3,5,7-19,24-25,30-33H2,1-2,4,6H3. The highest BCUT2D eigenvalue weighted by molar-refractivity contribution is 7.80. The number of hydrogen-bond donors (Lipinski definition) is 3. The molecule has 3 aromatic rings. The van der Waals surface area contributed by atoms with Gasteiger partial charge >= 0.3 is 11.9 Å². The topological polar surface area (TPSA) is 61.8 Å². The van der Waals surface area contributed by atoms with Gasteiger partial charge < -0.3 is 14.2 Å². The largest absolute Gasteiger partial charge is 0.492 e. The predicted molar refractivity (Wildman–Crippen MR) is 253 cm³/mol. The molecule has 0 atom stereocenters. The molecule has 0 spiro atoms. The second kappa shape index (κ2) is 24.3. The van der Waals surface area contributed by atoms with Crippen molar-refractivity contribution in [1.82, 2.24) is 0 Å². The molecule has 0 aliphatic heterocycles. The van der Waals surface area contributed by atoms with Crippen LogP contribution in [0.3, 0.4) is 0 Å². The molecular weight excluding hydrogens is 796 g/mol. The van der Waals surface area contributed by atoms with Crippen molar-refractivity contribution in [2.24, 2.45) is 11.3 Å². The minimum Gasteiger partial charge on any atom is -0.492 e. The van der Waals surface area contributed by atoms with Crippen molar-refractivity contribution < 1.29 is 28.2 Å². The van der Waals surface area contributed by atoms with Gasteiger partial charge in [0, 0.05) is 22.5 Å². The lowest BCUT2D eigenvalue weighted by Crippen LogP contribution is -2.42. The van der Waals surface area contributed by atoms with Gasteiger partial charge in [0.05, 0.1) is 5.41 Å². The summed E-state index contributed by atoms with van der Waals surface area (Å²) in [5, 5.41) is 0. The number of unbranched alkanes of at least 4 members (excludes halogenated alkanes) is 2. The summed E-state index contributed by atoms with van der Waals surface area (Å²) in [4.78, 5) is 25.0. The first kappa shape index (κ1) is 48.5. The summed E-state index contributed by atoms with van der Waals surface area (Å²) in [6.45, 7) is 14.8. The first-order valence-corrected chi connectivity index (χ1v) is 23.5. The van der Waals surface area contributed by atoms with Crippen molar-refractivity contribution in [2.45, 2.75) is 117 Å². The summed E-state index contributed by atoms with van der Waals surface area (Å²) in [5.41, 5.74) is 7.51. The Morgan fingerprint density at radius 1 is 0.729 bits per heavy atom. The van der Waals surface area contributed by atoms with Crippen LogP contribution < -0.4 is 4.74 Å². The summed E-state index contributed by atoms with van der Waals surface area (Å²) in [5.74, 6) is 2.37. The van der Waals surface area contributed by atoms with E-state index in [2.05, 4.69) is 101 Å². The molecular formula is C50H67FO5S3. The second-order valence-electron chi connectivity index (χ2n) is 16.6. The molecule has 0 heterocycles. The van der Waals surface area contributed by atoms with Crippen LogP contribution in [0.4, 0.5) is 4.39 Å². The molecule has 0 radical (unpaired) electrons. The lowest BCUT2D eigenvalue weighted by Gasteiger charge is -2.32. The zero-order chi connectivity index (χ0) is 43.0. The van der Waals surface area contributed by atoms with Crippen molar-refractivity contribution in [2.75, 3.05) is 37.1 Å². The number of ether oxygens (including phenoxy) is 3. The van der Waals surface area contributed by atoms with E-state index in [0.29, 0.717) is 23.0 Å². The maximum Gasteiger partial charge on any atom is 0.333 e. The van der Waals surface area contributed by atoms with Crippen molar-refractivity contribution in [3.8, 4) is 28.0 Å². The molecule has 1 aliphatic rings. The molecule has 0 saturated heterocycles. The van der Waals surface area contributed by atoms with E-state index in [9.17, 15) is 9.59 Å². The molecule has 0 N–H and O–H groups in total. The molecule has 1 aliphatic carbocycles. The third-order valence-corrected chi connectivity index (χ3v) is 13.0. The fourth-order valence-corrected chi connectivity index (χ4v) is 8.58. The average Bonchev–Trinajstić information content (AvgIpc) is 3.24. The fourth-order valence-electron chi connectivity index (χ4n) is 7.99. The Morgan fingerprint density at radius 2 is 1.31 bits per heavy atom. The smallest absolute Gasteiger partial charge is 0.333 e. The highest BCUT2D eigenvalue weighted by Crippen LogP contribution is 2.41. The lowest BCUT2D eigenvalue weighted by atomic mass is 9.77. The Morgan fingerprint density at radius 3 is 1.81 bits per heavy atom. The highest BCUT2D eigenvalue weighted by Gasteiger charge is 2.35. The van der Waals surface area contributed by atoms with E-state index in [-0.39, 0.29) is 42.5 Å². The SMILES string of the molecule is C=C(C)C(=O)OCC(CS)(COC(=O)C(=C)C)COc1c(CCCS)cc(-c2ccc(-c3ccc(C4CCC(CCCCC)CC4)cc3F)c(CC)c2)cc1CCCS. The number of thiol groups is 3. The predicted octanol–water partition coefficient (Wildman–Crippen LogP) is 12.8. The van der Waals surface area contributed by atoms with Gasteiger partial charge in [0.2, 0.25) is 0 Å². The van der Waals surface area contributed by atoms with Gasteiger partial charge in [-0.2, -0.15) is 37.9 Å². The Balaban J connectivity index is 1.65. The number of benzene rings is 3. The lowest BCUT2D eigenvalue weighted by molar-refractivity contribution is -0.149. The van der Waals surface area contributed by atoms with Gasteiger partial charge in [-0.3, -0.25) is 0 Å². The third kappa shape index (κ3) is 13.9. The number of esters is 2. The number of halogens is 1. The number of carbonyl (C=O) groups excluding carboxylic acids is 2. The van der Waals surface area contributed by atoms with Crippen molar-refractivity contribution >= 4 is 49.8 Å². The monoisotopic (exact) mass is 862 g/mol. The van der Waals surface area contributed by atoms with Crippen LogP contribution in [0.15, 0.2) is 72.8 Å². The zero-order valence-electron chi connectivity index (χ0n) is 35.9. The molecule has 9 heteroatoms. The van der Waals surface area contributed by atoms with Crippen LogP contribution >= 0.6 is 37.9 Å². The van der Waals surface area contributed by atoms with Crippen molar-refractivity contribution in [3.63, 3.8) is 0 Å². The first-order chi connectivity index (χ1) is 28.4.